The lowest BCUT2D eigenvalue weighted by molar-refractivity contribution is -0.146. The van der Waals surface area contributed by atoms with E-state index in [1.54, 1.807) is 27.7 Å². The van der Waals surface area contributed by atoms with Crippen molar-refractivity contribution in [3.63, 3.8) is 0 Å². The number of pyridine rings is 1. The summed E-state index contributed by atoms with van der Waals surface area (Å²) in [4.78, 5) is 15.6. The van der Waals surface area contributed by atoms with Gasteiger partial charge >= 0.3 is 5.97 Å². The molecule has 1 aromatic rings. The Balaban J connectivity index is 2.87. The van der Waals surface area contributed by atoms with E-state index in [0.29, 0.717) is 10.9 Å². The first-order valence-corrected chi connectivity index (χ1v) is 9.87. The molecule has 0 fully saturated rings. The molecule has 0 aliphatic heterocycles. The van der Waals surface area contributed by atoms with Crippen LogP contribution in [0.15, 0.2) is 21.6 Å². The fourth-order valence-electron chi connectivity index (χ4n) is 1.88. The van der Waals surface area contributed by atoms with Crippen molar-refractivity contribution in [1.29, 1.82) is 5.41 Å². The molecule has 0 amide bonds. The van der Waals surface area contributed by atoms with E-state index in [1.165, 1.54) is 12.3 Å². The van der Waals surface area contributed by atoms with Crippen LogP contribution in [-0.2, 0) is 19.6 Å². The summed E-state index contributed by atoms with van der Waals surface area (Å²) < 4.78 is 32.8. The van der Waals surface area contributed by atoms with E-state index in [1.807, 2.05) is 0 Å². The number of rotatable bonds is 7. The lowest BCUT2D eigenvalue weighted by atomic mass is 10.0. The minimum absolute atomic E-state index is 0.122. The van der Waals surface area contributed by atoms with Gasteiger partial charge in [-0.1, -0.05) is 6.92 Å². The predicted octanol–water partition coefficient (Wildman–Crippen LogP) is 2.09. The third-order valence-electron chi connectivity index (χ3n) is 3.18. The standard InChI is InChI=1S/C15H23BrN4O4S/c1-5-9(12(17)14(21)24-15(2,3)4)7-20-25(22,23)11-6-10(16)8-19-13(11)18/h6,8-9,17,20H,5,7H2,1-4H3,(H2,18,19)/t9-/m0/s1. The van der Waals surface area contributed by atoms with Crippen LogP contribution in [0.3, 0.4) is 0 Å². The van der Waals surface area contributed by atoms with Gasteiger partial charge in [0.2, 0.25) is 10.0 Å². The third kappa shape index (κ3) is 6.37. The molecule has 8 nitrogen and oxygen atoms in total. The van der Waals surface area contributed by atoms with Gasteiger partial charge in [-0.2, -0.15) is 0 Å². The third-order valence-corrected chi connectivity index (χ3v) is 5.06. The molecule has 1 heterocycles. The number of nitrogen functional groups attached to an aromatic ring is 1. The first kappa shape index (κ1) is 21.5. The summed E-state index contributed by atoms with van der Waals surface area (Å²) in [6.07, 6.45) is 1.79. The lowest BCUT2D eigenvalue weighted by Gasteiger charge is -2.22. The Morgan fingerprint density at radius 1 is 1.48 bits per heavy atom. The highest BCUT2D eigenvalue weighted by Gasteiger charge is 2.27. The molecule has 1 atom stereocenters. The molecule has 0 spiro atoms. The molecule has 0 aliphatic carbocycles. The van der Waals surface area contributed by atoms with E-state index >= 15 is 0 Å². The average molecular weight is 435 g/mol. The minimum atomic E-state index is -3.93. The molecule has 0 aromatic carbocycles. The number of anilines is 1. The number of halogens is 1. The first-order chi connectivity index (χ1) is 11.4. The monoisotopic (exact) mass is 434 g/mol. The molecule has 140 valence electrons. The second kappa shape index (κ2) is 8.24. The zero-order valence-electron chi connectivity index (χ0n) is 14.6. The molecule has 0 unspecified atom stereocenters. The summed E-state index contributed by atoms with van der Waals surface area (Å²) in [6, 6.07) is 1.34. The Labute approximate surface area is 156 Å². The fourth-order valence-corrected chi connectivity index (χ4v) is 3.55. The Hall–Kier alpha value is -1.52. The van der Waals surface area contributed by atoms with Crippen molar-refractivity contribution < 1.29 is 17.9 Å². The maximum absolute atomic E-state index is 12.4. The van der Waals surface area contributed by atoms with Crippen LogP contribution in [0.5, 0.6) is 0 Å². The van der Waals surface area contributed by atoms with Crippen molar-refractivity contribution in [2.45, 2.75) is 44.6 Å². The smallest absolute Gasteiger partial charge is 0.352 e. The predicted molar refractivity (Wildman–Crippen MR) is 98.9 cm³/mol. The van der Waals surface area contributed by atoms with Crippen molar-refractivity contribution in [2.75, 3.05) is 12.3 Å². The molecule has 25 heavy (non-hydrogen) atoms. The zero-order chi connectivity index (χ0) is 19.4. The number of esters is 1. The quantitative estimate of drug-likeness (QED) is 0.443. The molecule has 0 aliphatic rings. The summed E-state index contributed by atoms with van der Waals surface area (Å²) in [7, 11) is -3.93. The number of hydrogen-bond donors (Lipinski definition) is 3. The Bertz CT molecular complexity index is 759. The van der Waals surface area contributed by atoms with Crippen LogP contribution in [0.2, 0.25) is 0 Å². The number of carbonyl (C=O) groups is 1. The van der Waals surface area contributed by atoms with Crippen molar-refractivity contribution in [2.24, 2.45) is 5.92 Å². The summed E-state index contributed by atoms with van der Waals surface area (Å²) >= 11 is 3.15. The first-order valence-electron chi connectivity index (χ1n) is 7.60. The van der Waals surface area contributed by atoms with Crippen LogP contribution >= 0.6 is 15.9 Å². The SMILES string of the molecule is CC[C@@H](CNS(=O)(=O)c1cc(Br)cnc1N)C(=N)C(=O)OC(C)(C)C. The maximum atomic E-state index is 12.4. The molecular weight excluding hydrogens is 412 g/mol. The highest BCUT2D eigenvalue weighted by Crippen LogP contribution is 2.21. The number of aromatic nitrogens is 1. The summed E-state index contributed by atoms with van der Waals surface area (Å²) in [5.41, 5.74) is 4.62. The van der Waals surface area contributed by atoms with Gasteiger partial charge in [-0.15, -0.1) is 0 Å². The number of nitrogens with two attached hydrogens (primary N) is 1. The summed E-state index contributed by atoms with van der Waals surface area (Å²) in [6.45, 7) is 6.73. The van der Waals surface area contributed by atoms with Crippen LogP contribution in [0, 0.1) is 11.3 Å². The van der Waals surface area contributed by atoms with Crippen LogP contribution in [0.1, 0.15) is 34.1 Å². The molecular formula is C15H23BrN4O4S. The number of carbonyl (C=O) groups excluding carboxylic acids is 1. The normalized spacial score (nSPS) is 13.3. The van der Waals surface area contributed by atoms with Crippen LogP contribution in [-0.4, -0.2) is 37.2 Å². The highest BCUT2D eigenvalue weighted by atomic mass is 79.9. The topological polar surface area (TPSA) is 135 Å². The molecule has 0 saturated carbocycles. The van der Waals surface area contributed by atoms with Crippen molar-refractivity contribution in [1.82, 2.24) is 9.71 Å². The van der Waals surface area contributed by atoms with E-state index < -0.39 is 27.5 Å². The van der Waals surface area contributed by atoms with Crippen LogP contribution in [0.25, 0.3) is 0 Å². The number of nitrogens with one attached hydrogen (secondary N) is 2. The largest absolute Gasteiger partial charge is 0.455 e. The Kier molecular flexibility index (Phi) is 7.09. The number of nitrogens with zero attached hydrogens (tertiary/aromatic N) is 1. The molecule has 0 radical (unpaired) electrons. The van der Waals surface area contributed by atoms with Gasteiger partial charge in [-0.25, -0.2) is 22.9 Å². The fraction of sp³-hybridized carbons (Fsp3) is 0.533. The van der Waals surface area contributed by atoms with Gasteiger partial charge in [0.05, 0.1) is 0 Å². The Morgan fingerprint density at radius 2 is 2.08 bits per heavy atom. The van der Waals surface area contributed by atoms with Gasteiger partial charge in [-0.3, -0.25) is 5.41 Å². The molecule has 1 rings (SSSR count). The molecule has 4 N–H and O–H groups in total. The number of hydrogen-bond acceptors (Lipinski definition) is 7. The van der Waals surface area contributed by atoms with E-state index in [-0.39, 0.29) is 23.0 Å². The number of ether oxygens (including phenoxy) is 1. The lowest BCUT2D eigenvalue weighted by Crippen LogP contribution is -2.38. The van der Waals surface area contributed by atoms with Gasteiger partial charge in [0.1, 0.15) is 22.0 Å². The average Bonchev–Trinajstić information content (AvgIpc) is 2.48. The van der Waals surface area contributed by atoms with E-state index in [9.17, 15) is 13.2 Å². The van der Waals surface area contributed by atoms with Crippen LogP contribution < -0.4 is 10.5 Å². The minimum Gasteiger partial charge on any atom is -0.455 e. The zero-order valence-corrected chi connectivity index (χ0v) is 17.0. The molecule has 1 aromatic heterocycles. The summed E-state index contributed by atoms with van der Waals surface area (Å²) in [5.74, 6) is -1.51. The van der Waals surface area contributed by atoms with E-state index in [0.717, 1.165) is 0 Å². The van der Waals surface area contributed by atoms with E-state index in [2.05, 4.69) is 25.6 Å². The van der Waals surface area contributed by atoms with Crippen molar-refractivity contribution in [3.05, 3.63) is 16.7 Å². The Morgan fingerprint density at radius 3 is 2.60 bits per heavy atom. The number of sulfonamides is 1. The summed E-state index contributed by atoms with van der Waals surface area (Å²) in [5, 5.41) is 7.97. The van der Waals surface area contributed by atoms with Gasteiger partial charge < -0.3 is 10.5 Å². The molecule has 0 bridgehead atoms. The maximum Gasteiger partial charge on any atom is 0.352 e. The highest BCUT2D eigenvalue weighted by molar-refractivity contribution is 9.10. The second-order valence-electron chi connectivity index (χ2n) is 6.41. The van der Waals surface area contributed by atoms with Crippen molar-refractivity contribution >= 4 is 43.5 Å². The van der Waals surface area contributed by atoms with Crippen LogP contribution in [0.4, 0.5) is 5.82 Å². The van der Waals surface area contributed by atoms with Gasteiger partial charge in [0.25, 0.3) is 0 Å². The second-order valence-corrected chi connectivity index (χ2v) is 9.06. The van der Waals surface area contributed by atoms with Gasteiger partial charge in [-0.05, 0) is 49.2 Å². The van der Waals surface area contributed by atoms with E-state index in [4.69, 9.17) is 15.9 Å². The van der Waals surface area contributed by atoms with Gasteiger partial charge in [0.15, 0.2) is 0 Å². The molecule has 10 heteroatoms. The molecule has 0 saturated heterocycles. The van der Waals surface area contributed by atoms with Gasteiger partial charge in [0, 0.05) is 23.1 Å². The van der Waals surface area contributed by atoms with Crippen molar-refractivity contribution in [3.8, 4) is 0 Å².